The smallest absolute Gasteiger partial charge is 0.251 e. The summed E-state index contributed by atoms with van der Waals surface area (Å²) in [6, 6.07) is 18.0. The van der Waals surface area contributed by atoms with Crippen LogP contribution in [0.5, 0.6) is 0 Å². The van der Waals surface area contributed by atoms with Gasteiger partial charge in [-0.1, -0.05) is 18.2 Å². The number of aromatic nitrogens is 2. The number of nitrogens with one attached hydrogen (secondary N) is 2. The molecule has 1 amide bonds. The first-order valence-electron chi connectivity index (χ1n) is 11.1. The zero-order valence-electron chi connectivity index (χ0n) is 18.3. The molecule has 2 saturated heterocycles. The van der Waals surface area contributed by atoms with Crippen molar-refractivity contribution >= 4 is 5.91 Å². The van der Waals surface area contributed by atoms with Gasteiger partial charge in [0.15, 0.2) is 0 Å². The lowest BCUT2D eigenvalue weighted by Crippen LogP contribution is -2.38. The van der Waals surface area contributed by atoms with E-state index in [4.69, 9.17) is 4.74 Å². The van der Waals surface area contributed by atoms with Gasteiger partial charge in [0, 0.05) is 55.2 Å². The highest BCUT2D eigenvalue weighted by atomic mass is 16.5. The maximum absolute atomic E-state index is 12.6. The highest BCUT2D eigenvalue weighted by Gasteiger charge is 2.31. The van der Waals surface area contributed by atoms with E-state index in [1.165, 1.54) is 5.56 Å². The Kier molecular flexibility index (Phi) is 7.41. The number of benzene rings is 1. The predicted octanol–water partition coefficient (Wildman–Crippen LogP) is 2.18. The number of carbonyl (C=O) groups is 1. The molecule has 0 saturated carbocycles. The summed E-state index contributed by atoms with van der Waals surface area (Å²) in [5.74, 6) is 0.151. The molecule has 4 heterocycles. The first-order valence-corrected chi connectivity index (χ1v) is 11.1. The van der Waals surface area contributed by atoms with Crippen LogP contribution in [0.25, 0.3) is 11.3 Å². The third-order valence-electron chi connectivity index (χ3n) is 6.14. The van der Waals surface area contributed by atoms with E-state index in [1.807, 2.05) is 60.9 Å². The Balaban J connectivity index is 0.00000259. The number of rotatable bonds is 5. The Labute approximate surface area is 193 Å². The molecule has 2 aliphatic heterocycles. The fourth-order valence-electron chi connectivity index (χ4n) is 4.31. The van der Waals surface area contributed by atoms with Crippen molar-refractivity contribution in [2.24, 2.45) is 0 Å². The SMILES string of the molecule is O.O=C(NC1CCOCC1)c1ccc(-c2cc(C3C[N]NC3c3ccccn3)ccn2)cc1. The van der Waals surface area contributed by atoms with Gasteiger partial charge in [-0.15, -0.1) is 0 Å². The molecule has 1 radical (unpaired) electrons. The fourth-order valence-corrected chi connectivity index (χ4v) is 4.31. The summed E-state index contributed by atoms with van der Waals surface area (Å²) in [6.07, 6.45) is 5.37. The molecular weight excluding hydrogens is 418 g/mol. The molecule has 2 atom stereocenters. The van der Waals surface area contributed by atoms with Gasteiger partial charge in [-0.25, -0.2) is 5.43 Å². The van der Waals surface area contributed by atoms with E-state index in [-0.39, 0.29) is 29.4 Å². The average Bonchev–Trinajstić information content (AvgIpc) is 3.36. The lowest BCUT2D eigenvalue weighted by Gasteiger charge is -2.23. The summed E-state index contributed by atoms with van der Waals surface area (Å²) >= 11 is 0. The number of nitrogens with zero attached hydrogens (tertiary/aromatic N) is 3. The van der Waals surface area contributed by atoms with Crippen LogP contribution in [0.15, 0.2) is 67.0 Å². The van der Waals surface area contributed by atoms with Gasteiger partial charge in [0.1, 0.15) is 0 Å². The summed E-state index contributed by atoms with van der Waals surface area (Å²) in [7, 11) is 0. The van der Waals surface area contributed by atoms with Gasteiger partial charge in [-0.05, 0) is 54.8 Å². The Hall–Kier alpha value is -3.17. The molecule has 2 fully saturated rings. The standard InChI is InChI=1S/C25H26N5O2.H2O/c31-25(29-20-9-13-32-14-10-20)18-6-4-17(5-7-18)23-15-19(8-12-27-23)21-16-28-30-24(21)22-3-1-2-11-26-22;/h1-8,11-12,15,20-21,24,30H,9-10,13-14,16H2,(H,29,31);1H2. The topological polar surface area (TPSA) is 122 Å². The average molecular weight is 447 g/mol. The number of hydrogen-bond acceptors (Lipinski definition) is 5. The minimum atomic E-state index is -0.0398. The van der Waals surface area contributed by atoms with Gasteiger partial charge in [-0.2, -0.15) is 5.43 Å². The first kappa shape index (κ1) is 23.0. The first-order chi connectivity index (χ1) is 15.8. The molecule has 33 heavy (non-hydrogen) atoms. The van der Waals surface area contributed by atoms with Gasteiger partial charge in [-0.3, -0.25) is 14.8 Å². The highest BCUT2D eigenvalue weighted by Crippen LogP contribution is 2.34. The van der Waals surface area contributed by atoms with E-state index in [0.717, 1.165) is 29.8 Å². The second-order valence-corrected chi connectivity index (χ2v) is 8.22. The van der Waals surface area contributed by atoms with E-state index in [1.54, 1.807) is 0 Å². The second-order valence-electron chi connectivity index (χ2n) is 8.22. The highest BCUT2D eigenvalue weighted by molar-refractivity contribution is 5.94. The Morgan fingerprint density at radius 1 is 1.00 bits per heavy atom. The Morgan fingerprint density at radius 3 is 2.58 bits per heavy atom. The quantitative estimate of drug-likeness (QED) is 0.622. The lowest BCUT2D eigenvalue weighted by molar-refractivity contribution is 0.0696. The largest absolute Gasteiger partial charge is 0.412 e. The third-order valence-corrected chi connectivity index (χ3v) is 6.14. The monoisotopic (exact) mass is 446 g/mol. The van der Waals surface area contributed by atoms with Crippen LogP contribution in [0.2, 0.25) is 0 Å². The van der Waals surface area contributed by atoms with Crippen LogP contribution in [0.1, 0.15) is 46.4 Å². The summed E-state index contributed by atoms with van der Waals surface area (Å²) in [5, 5.41) is 3.10. The van der Waals surface area contributed by atoms with Crippen LogP contribution < -0.4 is 16.2 Å². The molecule has 2 unspecified atom stereocenters. The number of hydrogen-bond donors (Lipinski definition) is 2. The van der Waals surface area contributed by atoms with Crippen molar-refractivity contribution in [3.63, 3.8) is 0 Å². The van der Waals surface area contributed by atoms with E-state index >= 15 is 0 Å². The van der Waals surface area contributed by atoms with Gasteiger partial charge < -0.3 is 15.5 Å². The lowest BCUT2D eigenvalue weighted by atomic mass is 9.90. The number of carbonyl (C=O) groups excluding carboxylic acids is 1. The molecule has 0 spiro atoms. The molecule has 2 aliphatic rings. The van der Waals surface area contributed by atoms with Crippen LogP contribution >= 0.6 is 0 Å². The van der Waals surface area contributed by atoms with Crippen molar-refractivity contribution in [2.75, 3.05) is 19.8 Å². The summed E-state index contributed by atoms with van der Waals surface area (Å²) in [6.45, 7) is 2.10. The number of ether oxygens (including phenoxy) is 1. The molecular formula is C25H28N5O3. The van der Waals surface area contributed by atoms with Crippen LogP contribution in [0.3, 0.4) is 0 Å². The van der Waals surface area contributed by atoms with Crippen LogP contribution in [0, 0.1) is 0 Å². The van der Waals surface area contributed by atoms with Crippen molar-refractivity contribution in [2.45, 2.75) is 30.8 Å². The zero-order chi connectivity index (χ0) is 21.8. The minimum Gasteiger partial charge on any atom is -0.412 e. The molecule has 3 aromatic rings. The number of pyridine rings is 2. The fraction of sp³-hybridized carbons (Fsp3) is 0.320. The van der Waals surface area contributed by atoms with E-state index < -0.39 is 0 Å². The molecule has 5 rings (SSSR count). The molecule has 0 bridgehead atoms. The van der Waals surface area contributed by atoms with Gasteiger partial charge >= 0.3 is 0 Å². The molecule has 4 N–H and O–H groups in total. The molecule has 1 aromatic carbocycles. The molecule has 0 aliphatic carbocycles. The van der Waals surface area contributed by atoms with Crippen LogP contribution in [-0.2, 0) is 4.74 Å². The third kappa shape index (κ3) is 5.26. The molecule has 8 nitrogen and oxygen atoms in total. The molecule has 8 heteroatoms. The normalized spacial score (nSPS) is 20.7. The van der Waals surface area contributed by atoms with E-state index in [2.05, 4.69) is 32.2 Å². The van der Waals surface area contributed by atoms with Crippen LogP contribution in [0.4, 0.5) is 0 Å². The van der Waals surface area contributed by atoms with E-state index in [9.17, 15) is 4.79 Å². The van der Waals surface area contributed by atoms with Crippen molar-refractivity contribution in [1.82, 2.24) is 26.1 Å². The van der Waals surface area contributed by atoms with Crippen molar-refractivity contribution in [3.05, 3.63) is 83.8 Å². The van der Waals surface area contributed by atoms with E-state index in [0.29, 0.717) is 25.3 Å². The van der Waals surface area contributed by atoms with Gasteiger partial charge in [0.05, 0.1) is 17.4 Å². The Bertz CT molecular complexity index is 1060. The minimum absolute atomic E-state index is 0. The Morgan fingerprint density at radius 2 is 1.82 bits per heavy atom. The van der Waals surface area contributed by atoms with Gasteiger partial charge in [0.25, 0.3) is 5.91 Å². The summed E-state index contributed by atoms with van der Waals surface area (Å²) in [4.78, 5) is 21.6. The zero-order valence-corrected chi connectivity index (χ0v) is 18.3. The van der Waals surface area contributed by atoms with Crippen molar-refractivity contribution in [3.8, 4) is 11.3 Å². The predicted molar refractivity (Wildman–Crippen MR) is 124 cm³/mol. The summed E-state index contributed by atoms with van der Waals surface area (Å²) in [5.41, 5.74) is 12.3. The number of amides is 1. The van der Waals surface area contributed by atoms with Gasteiger partial charge in [0.2, 0.25) is 0 Å². The maximum Gasteiger partial charge on any atom is 0.251 e. The van der Waals surface area contributed by atoms with Crippen molar-refractivity contribution < 1.29 is 15.0 Å². The van der Waals surface area contributed by atoms with Crippen molar-refractivity contribution in [1.29, 1.82) is 0 Å². The second kappa shape index (κ2) is 10.6. The van der Waals surface area contributed by atoms with Crippen LogP contribution in [-0.4, -0.2) is 47.2 Å². The molecule has 2 aromatic heterocycles. The molecule has 171 valence electrons. The maximum atomic E-state index is 12.6. The summed E-state index contributed by atoms with van der Waals surface area (Å²) < 4.78 is 5.36.